The Morgan fingerprint density at radius 3 is 2.44 bits per heavy atom. The van der Waals surface area contributed by atoms with E-state index in [0.29, 0.717) is 10.4 Å². The number of thiophene rings is 1. The summed E-state index contributed by atoms with van der Waals surface area (Å²) < 4.78 is 27.7. The van der Waals surface area contributed by atoms with E-state index in [0.717, 1.165) is 11.3 Å². The maximum atomic E-state index is 12.6. The van der Waals surface area contributed by atoms with Gasteiger partial charge in [0.15, 0.2) is 0 Å². The number of sulfonamides is 1. The van der Waals surface area contributed by atoms with E-state index in [1.165, 1.54) is 13.0 Å². The lowest BCUT2D eigenvalue weighted by atomic mass is 10.1. The summed E-state index contributed by atoms with van der Waals surface area (Å²) in [6.45, 7) is 1.62. The molecule has 0 aliphatic carbocycles. The zero-order chi connectivity index (χ0) is 18.4. The summed E-state index contributed by atoms with van der Waals surface area (Å²) in [5.41, 5.74) is 0.573. The molecular formula is C16H18N2O5S2. The van der Waals surface area contributed by atoms with Crippen LogP contribution >= 0.6 is 11.3 Å². The zero-order valence-corrected chi connectivity index (χ0v) is 15.1. The van der Waals surface area contributed by atoms with Crippen LogP contribution in [0.2, 0.25) is 0 Å². The number of nitrogens with one attached hydrogen (secondary N) is 2. The standard InChI is InChI=1S/C16H18N2O5S2/c1-11(19)17-10-13-7-8-16(24-13)25(22,23)18-14(9-15(20)21)12-5-3-2-4-6-12/h2-8,14,18H,9-10H2,1H3,(H,17,19)(H,20,21)/t14-/m0/s1. The van der Waals surface area contributed by atoms with Gasteiger partial charge < -0.3 is 10.4 Å². The van der Waals surface area contributed by atoms with Gasteiger partial charge in [-0.2, -0.15) is 0 Å². The Morgan fingerprint density at radius 2 is 1.84 bits per heavy atom. The number of hydrogen-bond donors (Lipinski definition) is 3. The number of carboxylic acids is 1. The van der Waals surface area contributed by atoms with Crippen LogP contribution in [0.3, 0.4) is 0 Å². The molecule has 3 N–H and O–H groups in total. The smallest absolute Gasteiger partial charge is 0.305 e. The zero-order valence-electron chi connectivity index (χ0n) is 13.4. The Hall–Kier alpha value is -2.23. The first-order chi connectivity index (χ1) is 11.8. The molecule has 0 bridgehead atoms. The van der Waals surface area contributed by atoms with Crippen molar-refractivity contribution < 1.29 is 23.1 Å². The van der Waals surface area contributed by atoms with Crippen LogP contribution in [0.1, 0.15) is 29.8 Å². The fourth-order valence-corrected chi connectivity index (χ4v) is 4.68. The Morgan fingerprint density at radius 1 is 1.16 bits per heavy atom. The highest BCUT2D eigenvalue weighted by Gasteiger charge is 2.24. The van der Waals surface area contributed by atoms with E-state index in [9.17, 15) is 18.0 Å². The number of benzene rings is 1. The summed E-state index contributed by atoms with van der Waals surface area (Å²) in [5, 5.41) is 11.7. The number of carbonyl (C=O) groups excluding carboxylic acids is 1. The van der Waals surface area contributed by atoms with Crippen molar-refractivity contribution in [3.8, 4) is 0 Å². The molecule has 0 radical (unpaired) electrons. The molecule has 9 heteroatoms. The van der Waals surface area contributed by atoms with Crippen molar-refractivity contribution in [2.45, 2.75) is 30.1 Å². The number of aliphatic carboxylic acids is 1. The minimum absolute atomic E-state index is 0.0687. The first-order valence-electron chi connectivity index (χ1n) is 7.40. The Bertz CT molecular complexity index is 846. The van der Waals surface area contributed by atoms with Crippen LogP contribution in [0, 0.1) is 0 Å². The van der Waals surface area contributed by atoms with Crippen LogP contribution in [0.5, 0.6) is 0 Å². The monoisotopic (exact) mass is 382 g/mol. The van der Waals surface area contributed by atoms with E-state index in [1.807, 2.05) is 0 Å². The maximum absolute atomic E-state index is 12.6. The van der Waals surface area contributed by atoms with Crippen molar-refractivity contribution in [2.24, 2.45) is 0 Å². The molecule has 0 aliphatic rings. The van der Waals surface area contributed by atoms with Crippen molar-refractivity contribution in [1.29, 1.82) is 0 Å². The van der Waals surface area contributed by atoms with Crippen LogP contribution in [0.4, 0.5) is 0 Å². The highest BCUT2D eigenvalue weighted by molar-refractivity contribution is 7.91. The third kappa shape index (κ3) is 5.66. The lowest BCUT2D eigenvalue weighted by molar-refractivity contribution is -0.137. The molecule has 0 fully saturated rings. The van der Waals surface area contributed by atoms with E-state index in [2.05, 4.69) is 10.0 Å². The minimum Gasteiger partial charge on any atom is -0.481 e. The SMILES string of the molecule is CC(=O)NCc1ccc(S(=O)(=O)N[C@@H](CC(=O)O)c2ccccc2)s1. The highest BCUT2D eigenvalue weighted by atomic mass is 32.2. The number of rotatable bonds is 8. The topological polar surface area (TPSA) is 113 Å². The van der Waals surface area contributed by atoms with Crippen molar-refractivity contribution in [1.82, 2.24) is 10.0 Å². The van der Waals surface area contributed by atoms with Gasteiger partial charge in [-0.15, -0.1) is 11.3 Å². The molecule has 1 atom stereocenters. The molecule has 1 aromatic carbocycles. The third-order valence-electron chi connectivity index (χ3n) is 3.29. The minimum atomic E-state index is -3.88. The number of hydrogen-bond acceptors (Lipinski definition) is 5. The van der Waals surface area contributed by atoms with Crippen LogP contribution in [-0.2, 0) is 26.2 Å². The molecule has 1 aromatic heterocycles. The average molecular weight is 382 g/mol. The Balaban J connectivity index is 2.19. The quantitative estimate of drug-likeness (QED) is 0.645. The molecule has 134 valence electrons. The van der Waals surface area contributed by atoms with Gasteiger partial charge in [-0.1, -0.05) is 30.3 Å². The summed E-state index contributed by atoms with van der Waals surface area (Å²) in [6, 6.07) is 10.7. The molecular weight excluding hydrogens is 364 g/mol. The summed E-state index contributed by atoms with van der Waals surface area (Å²) in [7, 11) is -3.88. The van der Waals surface area contributed by atoms with Gasteiger partial charge in [0.2, 0.25) is 5.91 Å². The van der Waals surface area contributed by atoms with Gasteiger partial charge in [0.25, 0.3) is 10.0 Å². The van der Waals surface area contributed by atoms with Crippen molar-refractivity contribution in [3.05, 3.63) is 52.9 Å². The molecule has 2 rings (SSSR count). The predicted molar refractivity (Wildman–Crippen MR) is 93.6 cm³/mol. The lowest BCUT2D eigenvalue weighted by Gasteiger charge is -2.16. The molecule has 0 saturated heterocycles. The van der Waals surface area contributed by atoms with Crippen LogP contribution in [-0.4, -0.2) is 25.4 Å². The normalized spacial score (nSPS) is 12.5. The highest BCUT2D eigenvalue weighted by Crippen LogP contribution is 2.25. The van der Waals surface area contributed by atoms with E-state index < -0.39 is 22.0 Å². The van der Waals surface area contributed by atoms with E-state index in [4.69, 9.17) is 5.11 Å². The second kappa shape index (κ2) is 8.24. The number of carboxylic acid groups (broad SMARTS) is 1. The van der Waals surface area contributed by atoms with E-state index in [-0.39, 0.29) is 23.1 Å². The summed E-state index contributed by atoms with van der Waals surface area (Å²) in [5.74, 6) is -1.31. The number of carbonyl (C=O) groups is 2. The van der Waals surface area contributed by atoms with Crippen molar-refractivity contribution in [2.75, 3.05) is 0 Å². The third-order valence-corrected chi connectivity index (χ3v) is 6.34. The van der Waals surface area contributed by atoms with Crippen LogP contribution < -0.4 is 10.0 Å². The largest absolute Gasteiger partial charge is 0.481 e. The fourth-order valence-electron chi connectivity index (χ4n) is 2.14. The van der Waals surface area contributed by atoms with Gasteiger partial charge in [-0.25, -0.2) is 13.1 Å². The van der Waals surface area contributed by atoms with Crippen molar-refractivity contribution >= 4 is 33.2 Å². The summed E-state index contributed by atoms with van der Waals surface area (Å²) in [6.07, 6.45) is -0.368. The summed E-state index contributed by atoms with van der Waals surface area (Å²) >= 11 is 1.03. The molecule has 0 unspecified atom stereocenters. The number of amides is 1. The van der Waals surface area contributed by atoms with E-state index in [1.54, 1.807) is 36.4 Å². The molecule has 1 amide bonds. The molecule has 25 heavy (non-hydrogen) atoms. The molecule has 0 aliphatic heterocycles. The first-order valence-corrected chi connectivity index (χ1v) is 9.70. The van der Waals surface area contributed by atoms with Gasteiger partial charge in [0.1, 0.15) is 4.21 Å². The first kappa shape index (κ1) is 19.1. The second-order valence-corrected chi connectivity index (χ2v) is 8.42. The van der Waals surface area contributed by atoms with Gasteiger partial charge in [-0.3, -0.25) is 9.59 Å². The molecule has 0 saturated carbocycles. The van der Waals surface area contributed by atoms with Gasteiger partial charge in [-0.05, 0) is 17.7 Å². The predicted octanol–water partition coefficient (Wildman–Crippen LogP) is 1.88. The summed E-state index contributed by atoms with van der Waals surface area (Å²) in [4.78, 5) is 22.7. The van der Waals surface area contributed by atoms with E-state index >= 15 is 0 Å². The molecule has 2 aromatic rings. The molecule has 0 spiro atoms. The van der Waals surface area contributed by atoms with Gasteiger partial charge in [0.05, 0.1) is 19.0 Å². The van der Waals surface area contributed by atoms with Crippen LogP contribution in [0.25, 0.3) is 0 Å². The van der Waals surface area contributed by atoms with Gasteiger partial charge >= 0.3 is 5.97 Å². The van der Waals surface area contributed by atoms with Crippen molar-refractivity contribution in [3.63, 3.8) is 0 Å². The van der Waals surface area contributed by atoms with Crippen LogP contribution in [0.15, 0.2) is 46.7 Å². The Labute approximate surface area is 149 Å². The average Bonchev–Trinajstić information content (AvgIpc) is 3.02. The lowest BCUT2D eigenvalue weighted by Crippen LogP contribution is -2.29. The Kier molecular flexibility index (Phi) is 6.29. The fraction of sp³-hybridized carbons (Fsp3) is 0.250. The molecule has 7 nitrogen and oxygen atoms in total. The molecule has 1 heterocycles. The second-order valence-electron chi connectivity index (χ2n) is 5.31. The van der Waals surface area contributed by atoms with Gasteiger partial charge in [0, 0.05) is 11.8 Å². The maximum Gasteiger partial charge on any atom is 0.305 e.